The van der Waals surface area contributed by atoms with Crippen molar-refractivity contribution in [2.24, 2.45) is 12.1 Å². The standard InChI is InChI=1S/C16H22N6O3/c1-4-5-7-20-14(24)12-13(19(3)16(20)25)17-15-21(12)10-11(2)18-22(15)8-6-9-23/h4-5,23H,6-10H2,1-3H3/b5-4+. The fourth-order valence-corrected chi connectivity index (χ4v) is 2.96. The molecule has 0 fully saturated rings. The van der Waals surface area contributed by atoms with Crippen molar-refractivity contribution in [3.05, 3.63) is 33.0 Å². The van der Waals surface area contributed by atoms with E-state index in [1.807, 2.05) is 13.8 Å². The number of aliphatic hydroxyl groups is 1. The summed E-state index contributed by atoms with van der Waals surface area (Å²) >= 11 is 0. The lowest BCUT2D eigenvalue weighted by molar-refractivity contribution is 0.289. The molecule has 0 bridgehead atoms. The number of nitrogens with zero attached hydrogens (tertiary/aromatic N) is 6. The van der Waals surface area contributed by atoms with Gasteiger partial charge in [-0.15, -0.1) is 0 Å². The lowest BCUT2D eigenvalue weighted by Gasteiger charge is -2.24. The highest BCUT2D eigenvalue weighted by Crippen LogP contribution is 2.23. The van der Waals surface area contributed by atoms with Crippen LogP contribution in [0.25, 0.3) is 11.2 Å². The van der Waals surface area contributed by atoms with Crippen molar-refractivity contribution in [1.82, 2.24) is 18.7 Å². The van der Waals surface area contributed by atoms with E-state index in [0.29, 0.717) is 36.6 Å². The van der Waals surface area contributed by atoms with Crippen LogP contribution in [0, 0.1) is 0 Å². The molecule has 0 radical (unpaired) electrons. The smallest absolute Gasteiger partial charge is 0.332 e. The Labute approximate surface area is 144 Å². The van der Waals surface area contributed by atoms with Gasteiger partial charge in [0.25, 0.3) is 5.56 Å². The number of hydrogen-bond acceptors (Lipinski definition) is 6. The maximum Gasteiger partial charge on any atom is 0.332 e. The van der Waals surface area contributed by atoms with Crippen LogP contribution in [-0.2, 0) is 20.1 Å². The van der Waals surface area contributed by atoms with E-state index in [-0.39, 0.29) is 18.7 Å². The first-order chi connectivity index (χ1) is 12.0. The second kappa shape index (κ2) is 6.67. The van der Waals surface area contributed by atoms with E-state index in [2.05, 4.69) is 10.1 Å². The Bertz CT molecular complexity index is 978. The van der Waals surface area contributed by atoms with E-state index < -0.39 is 5.69 Å². The minimum Gasteiger partial charge on any atom is -0.396 e. The van der Waals surface area contributed by atoms with Gasteiger partial charge >= 0.3 is 5.69 Å². The van der Waals surface area contributed by atoms with Crippen molar-refractivity contribution in [1.29, 1.82) is 0 Å². The van der Waals surface area contributed by atoms with Gasteiger partial charge in [-0.05, 0) is 20.3 Å². The Kier molecular flexibility index (Phi) is 4.58. The van der Waals surface area contributed by atoms with Gasteiger partial charge in [0.1, 0.15) is 0 Å². The molecule has 9 heteroatoms. The molecule has 0 amide bonds. The molecule has 25 heavy (non-hydrogen) atoms. The van der Waals surface area contributed by atoms with Crippen molar-refractivity contribution in [2.45, 2.75) is 33.4 Å². The van der Waals surface area contributed by atoms with E-state index in [1.165, 1.54) is 9.13 Å². The molecular weight excluding hydrogens is 324 g/mol. The first-order valence-electron chi connectivity index (χ1n) is 8.23. The predicted octanol–water partition coefficient (Wildman–Crippen LogP) is 0.0511. The Balaban J connectivity index is 2.26. The fraction of sp³-hybridized carbons (Fsp3) is 0.500. The Morgan fingerprint density at radius 2 is 2.08 bits per heavy atom. The third-order valence-electron chi connectivity index (χ3n) is 4.17. The van der Waals surface area contributed by atoms with Gasteiger partial charge in [-0.3, -0.25) is 18.5 Å². The van der Waals surface area contributed by atoms with Gasteiger partial charge in [0, 0.05) is 26.7 Å². The first kappa shape index (κ1) is 17.2. The molecule has 0 aromatic carbocycles. The summed E-state index contributed by atoms with van der Waals surface area (Å²) in [5.41, 5.74) is 0.820. The zero-order chi connectivity index (χ0) is 18.1. The van der Waals surface area contributed by atoms with Crippen molar-refractivity contribution in [3.8, 4) is 0 Å². The molecule has 2 aromatic heterocycles. The number of imidazole rings is 1. The Hall–Kier alpha value is -2.68. The van der Waals surface area contributed by atoms with Gasteiger partial charge in [0.05, 0.1) is 12.3 Å². The molecule has 134 valence electrons. The van der Waals surface area contributed by atoms with E-state index in [0.717, 1.165) is 5.71 Å². The van der Waals surface area contributed by atoms with Crippen LogP contribution in [-0.4, -0.2) is 42.7 Å². The number of hydrogen-bond donors (Lipinski definition) is 1. The summed E-state index contributed by atoms with van der Waals surface area (Å²) in [6.07, 6.45) is 4.10. The minimum absolute atomic E-state index is 0.0416. The summed E-state index contributed by atoms with van der Waals surface area (Å²) in [5, 5.41) is 15.2. The van der Waals surface area contributed by atoms with Gasteiger partial charge in [0.2, 0.25) is 5.95 Å². The third kappa shape index (κ3) is 2.80. The van der Waals surface area contributed by atoms with E-state index in [9.17, 15) is 9.59 Å². The van der Waals surface area contributed by atoms with Gasteiger partial charge in [-0.2, -0.15) is 10.1 Å². The highest BCUT2D eigenvalue weighted by Gasteiger charge is 2.26. The van der Waals surface area contributed by atoms with Crippen LogP contribution >= 0.6 is 0 Å². The molecule has 1 aliphatic heterocycles. The molecule has 1 N–H and O–H groups in total. The zero-order valence-electron chi connectivity index (χ0n) is 14.6. The number of aliphatic hydroxyl groups excluding tert-OH is 1. The zero-order valence-corrected chi connectivity index (χ0v) is 14.6. The second-order valence-corrected chi connectivity index (χ2v) is 6.03. The lowest BCUT2D eigenvalue weighted by Crippen LogP contribution is -2.39. The molecule has 0 saturated carbocycles. The average molecular weight is 346 g/mol. The number of fused-ring (bicyclic) bond motifs is 3. The quantitative estimate of drug-likeness (QED) is 0.772. The van der Waals surface area contributed by atoms with Crippen LogP contribution in [0.15, 0.2) is 26.8 Å². The number of allylic oxidation sites excluding steroid dienone is 2. The second-order valence-electron chi connectivity index (χ2n) is 6.03. The third-order valence-corrected chi connectivity index (χ3v) is 4.17. The molecule has 3 rings (SSSR count). The SMILES string of the molecule is C/C=C/Cn1c(=O)c2c(nc3n2CC(C)=NN3CCCO)n(C)c1=O. The van der Waals surface area contributed by atoms with Gasteiger partial charge in [-0.25, -0.2) is 9.80 Å². The Morgan fingerprint density at radius 1 is 1.32 bits per heavy atom. The molecule has 3 heterocycles. The van der Waals surface area contributed by atoms with Crippen LogP contribution in [0.1, 0.15) is 20.3 Å². The molecule has 9 nitrogen and oxygen atoms in total. The maximum absolute atomic E-state index is 12.9. The first-order valence-corrected chi connectivity index (χ1v) is 8.23. The van der Waals surface area contributed by atoms with Crippen LogP contribution in [0.5, 0.6) is 0 Å². The van der Waals surface area contributed by atoms with E-state index in [4.69, 9.17) is 5.11 Å². The van der Waals surface area contributed by atoms with E-state index >= 15 is 0 Å². The molecule has 1 aliphatic rings. The molecule has 0 saturated heterocycles. The van der Waals surface area contributed by atoms with Crippen molar-refractivity contribution < 1.29 is 5.11 Å². The van der Waals surface area contributed by atoms with Crippen molar-refractivity contribution in [2.75, 3.05) is 18.2 Å². The van der Waals surface area contributed by atoms with Crippen LogP contribution < -0.4 is 16.3 Å². The van der Waals surface area contributed by atoms with Crippen molar-refractivity contribution in [3.63, 3.8) is 0 Å². The minimum atomic E-state index is -0.398. The number of anilines is 1. The summed E-state index contributed by atoms with van der Waals surface area (Å²) < 4.78 is 4.39. The van der Waals surface area contributed by atoms with Crippen molar-refractivity contribution >= 4 is 22.8 Å². The summed E-state index contributed by atoms with van der Waals surface area (Å²) in [6, 6.07) is 0. The topological polar surface area (TPSA) is 97.7 Å². The summed E-state index contributed by atoms with van der Waals surface area (Å²) in [7, 11) is 1.61. The summed E-state index contributed by atoms with van der Waals surface area (Å²) in [4.78, 5) is 29.9. The summed E-state index contributed by atoms with van der Waals surface area (Å²) in [5.74, 6) is 0.518. The Morgan fingerprint density at radius 3 is 2.76 bits per heavy atom. The molecule has 2 aromatic rings. The van der Waals surface area contributed by atoms with Crippen LogP contribution in [0.3, 0.4) is 0 Å². The number of aromatic nitrogens is 4. The number of rotatable bonds is 5. The predicted molar refractivity (Wildman–Crippen MR) is 96.2 cm³/mol. The normalized spacial score (nSPS) is 14.4. The molecule has 0 unspecified atom stereocenters. The monoisotopic (exact) mass is 346 g/mol. The largest absolute Gasteiger partial charge is 0.396 e. The van der Waals surface area contributed by atoms with Gasteiger partial charge in [0.15, 0.2) is 11.2 Å². The molecule has 0 atom stereocenters. The highest BCUT2D eigenvalue weighted by molar-refractivity contribution is 5.87. The van der Waals surface area contributed by atoms with Crippen LogP contribution in [0.4, 0.5) is 5.95 Å². The number of aryl methyl sites for hydroxylation is 1. The molecule has 0 aliphatic carbocycles. The lowest BCUT2D eigenvalue weighted by atomic mass is 10.3. The van der Waals surface area contributed by atoms with Crippen LogP contribution in [0.2, 0.25) is 0 Å². The number of hydrazone groups is 1. The fourth-order valence-electron chi connectivity index (χ4n) is 2.96. The average Bonchev–Trinajstić information content (AvgIpc) is 2.97. The van der Waals surface area contributed by atoms with Gasteiger partial charge in [-0.1, -0.05) is 12.2 Å². The maximum atomic E-state index is 12.9. The molecular formula is C16H22N6O3. The molecule has 0 spiro atoms. The van der Waals surface area contributed by atoms with Gasteiger partial charge < -0.3 is 5.11 Å². The van der Waals surface area contributed by atoms with E-state index in [1.54, 1.807) is 28.8 Å². The summed E-state index contributed by atoms with van der Waals surface area (Å²) in [6.45, 7) is 4.91. The highest BCUT2D eigenvalue weighted by atomic mass is 16.3.